The number of nitriles is 2. The molecule has 30 heavy (non-hydrogen) atoms. The van der Waals surface area contributed by atoms with Crippen molar-refractivity contribution in [1.29, 1.82) is 10.5 Å². The van der Waals surface area contributed by atoms with Crippen molar-refractivity contribution in [3.63, 3.8) is 0 Å². The lowest BCUT2D eigenvalue weighted by Crippen LogP contribution is -2.32. The summed E-state index contributed by atoms with van der Waals surface area (Å²) in [5.41, 5.74) is 6.52. The van der Waals surface area contributed by atoms with E-state index in [2.05, 4.69) is 10.3 Å². The van der Waals surface area contributed by atoms with E-state index in [1.54, 1.807) is 31.2 Å². The van der Waals surface area contributed by atoms with E-state index >= 15 is 0 Å². The van der Waals surface area contributed by atoms with Crippen LogP contribution in [-0.2, 0) is 14.3 Å². The zero-order chi connectivity index (χ0) is 22.1. The second-order valence-electron chi connectivity index (χ2n) is 5.94. The molecule has 0 radical (unpaired) electrons. The standard InChI is InChI=1S/C20H18ClN5O3S/c1-2-29-18(28)8-16(14-5-3-4-6-15(14)21)25-17(27)11-30-20-13(10-23)7-12(9-22)19(24)26-20/h3-7,16H,2,8,11H2,1H3,(H2,24,26)(H,25,27). The zero-order valence-corrected chi connectivity index (χ0v) is 17.6. The monoisotopic (exact) mass is 443 g/mol. The molecule has 1 heterocycles. The van der Waals surface area contributed by atoms with Gasteiger partial charge in [0.15, 0.2) is 0 Å². The van der Waals surface area contributed by atoms with E-state index in [0.29, 0.717) is 10.6 Å². The van der Waals surface area contributed by atoms with Crippen LogP contribution in [0.5, 0.6) is 0 Å². The topological polar surface area (TPSA) is 142 Å². The van der Waals surface area contributed by atoms with Gasteiger partial charge >= 0.3 is 5.97 Å². The first-order valence-electron chi connectivity index (χ1n) is 8.82. The minimum Gasteiger partial charge on any atom is -0.466 e. The summed E-state index contributed by atoms with van der Waals surface area (Å²) in [5, 5.41) is 21.7. The number of pyridine rings is 1. The van der Waals surface area contributed by atoms with Crippen LogP contribution in [0.15, 0.2) is 35.4 Å². The second-order valence-corrected chi connectivity index (χ2v) is 7.31. The van der Waals surface area contributed by atoms with Crippen molar-refractivity contribution in [2.45, 2.75) is 24.4 Å². The van der Waals surface area contributed by atoms with Crippen LogP contribution in [0, 0.1) is 22.7 Å². The molecular weight excluding hydrogens is 426 g/mol. The number of nitrogens with two attached hydrogens (primary N) is 1. The number of ether oxygens (including phenoxy) is 1. The lowest BCUT2D eigenvalue weighted by atomic mass is 10.0. The van der Waals surface area contributed by atoms with Gasteiger partial charge in [-0.25, -0.2) is 4.98 Å². The van der Waals surface area contributed by atoms with Crippen molar-refractivity contribution in [2.75, 3.05) is 18.1 Å². The summed E-state index contributed by atoms with van der Waals surface area (Å²) in [6.45, 7) is 1.92. The Morgan fingerprint density at radius 3 is 2.63 bits per heavy atom. The average Bonchev–Trinajstić information content (AvgIpc) is 2.72. The Morgan fingerprint density at radius 1 is 1.30 bits per heavy atom. The molecule has 8 nitrogen and oxygen atoms in total. The van der Waals surface area contributed by atoms with Gasteiger partial charge in [-0.05, 0) is 24.6 Å². The van der Waals surface area contributed by atoms with Gasteiger partial charge in [-0.3, -0.25) is 9.59 Å². The number of amides is 1. The molecule has 0 saturated carbocycles. The summed E-state index contributed by atoms with van der Waals surface area (Å²) in [4.78, 5) is 28.5. The smallest absolute Gasteiger partial charge is 0.308 e. The van der Waals surface area contributed by atoms with Crippen LogP contribution < -0.4 is 11.1 Å². The van der Waals surface area contributed by atoms with Crippen LogP contribution in [0.3, 0.4) is 0 Å². The average molecular weight is 444 g/mol. The van der Waals surface area contributed by atoms with Crippen LogP contribution in [0.1, 0.15) is 36.1 Å². The molecule has 0 saturated heterocycles. The summed E-state index contributed by atoms with van der Waals surface area (Å²) >= 11 is 7.23. The number of halogens is 1. The van der Waals surface area contributed by atoms with Gasteiger partial charge in [-0.15, -0.1) is 0 Å². The number of nitrogen functional groups attached to an aromatic ring is 1. The van der Waals surface area contributed by atoms with Crippen molar-refractivity contribution in [2.24, 2.45) is 0 Å². The number of carbonyl (C=O) groups is 2. The van der Waals surface area contributed by atoms with E-state index in [1.807, 2.05) is 12.1 Å². The molecule has 0 fully saturated rings. The number of nitrogens with zero attached hydrogens (tertiary/aromatic N) is 3. The van der Waals surface area contributed by atoms with E-state index in [1.165, 1.54) is 6.07 Å². The van der Waals surface area contributed by atoms with Gasteiger partial charge in [0.1, 0.15) is 23.0 Å². The predicted molar refractivity (Wildman–Crippen MR) is 112 cm³/mol. The molecule has 2 rings (SSSR count). The van der Waals surface area contributed by atoms with E-state index in [0.717, 1.165) is 11.8 Å². The lowest BCUT2D eigenvalue weighted by molar-refractivity contribution is -0.143. The van der Waals surface area contributed by atoms with Crippen LogP contribution in [-0.4, -0.2) is 29.2 Å². The molecule has 0 aliphatic rings. The van der Waals surface area contributed by atoms with Crippen LogP contribution in [0.4, 0.5) is 5.82 Å². The van der Waals surface area contributed by atoms with Gasteiger partial charge in [0, 0.05) is 5.02 Å². The molecule has 0 aliphatic heterocycles. The van der Waals surface area contributed by atoms with Crippen molar-refractivity contribution in [3.05, 3.63) is 52.0 Å². The third kappa shape index (κ3) is 6.11. The minimum absolute atomic E-state index is 0.0179. The fourth-order valence-electron chi connectivity index (χ4n) is 2.54. The first-order valence-corrected chi connectivity index (χ1v) is 10.2. The quantitative estimate of drug-likeness (QED) is 0.468. The molecular formula is C20H18ClN5O3S. The molecule has 1 amide bonds. The number of esters is 1. The lowest BCUT2D eigenvalue weighted by Gasteiger charge is -2.19. The highest BCUT2D eigenvalue weighted by Gasteiger charge is 2.22. The number of hydrogen-bond donors (Lipinski definition) is 2. The molecule has 1 atom stereocenters. The number of benzene rings is 1. The van der Waals surface area contributed by atoms with Crippen LogP contribution in [0.25, 0.3) is 0 Å². The number of aromatic nitrogens is 1. The highest BCUT2D eigenvalue weighted by atomic mass is 35.5. The van der Waals surface area contributed by atoms with Gasteiger partial charge < -0.3 is 15.8 Å². The van der Waals surface area contributed by atoms with Crippen molar-refractivity contribution >= 4 is 41.1 Å². The number of nitrogens with one attached hydrogen (secondary N) is 1. The molecule has 1 unspecified atom stereocenters. The number of thioether (sulfide) groups is 1. The first kappa shape index (κ1) is 23.0. The molecule has 10 heteroatoms. The van der Waals surface area contributed by atoms with Crippen molar-refractivity contribution in [3.8, 4) is 12.1 Å². The number of rotatable bonds is 8. The van der Waals surface area contributed by atoms with Crippen molar-refractivity contribution in [1.82, 2.24) is 10.3 Å². The van der Waals surface area contributed by atoms with Gasteiger partial charge in [0.05, 0.1) is 35.9 Å². The Labute approximate surface area is 183 Å². The van der Waals surface area contributed by atoms with E-state index in [-0.39, 0.29) is 40.8 Å². The van der Waals surface area contributed by atoms with Gasteiger partial charge in [0.2, 0.25) is 5.91 Å². The summed E-state index contributed by atoms with van der Waals surface area (Å²) in [6, 6.07) is 11.3. The minimum atomic E-state index is -0.680. The Hall–Kier alpha value is -3.27. The molecule has 0 spiro atoms. The third-order valence-electron chi connectivity index (χ3n) is 3.89. The maximum atomic E-state index is 12.5. The Bertz CT molecular complexity index is 1030. The highest BCUT2D eigenvalue weighted by Crippen LogP contribution is 2.27. The maximum absolute atomic E-state index is 12.5. The molecule has 1 aromatic heterocycles. The fraction of sp³-hybridized carbons (Fsp3) is 0.250. The molecule has 2 aromatic rings. The summed E-state index contributed by atoms with van der Waals surface area (Å²) < 4.78 is 4.99. The third-order valence-corrected chi connectivity index (χ3v) is 5.23. The van der Waals surface area contributed by atoms with E-state index in [9.17, 15) is 14.9 Å². The van der Waals surface area contributed by atoms with Crippen LogP contribution >= 0.6 is 23.4 Å². The summed E-state index contributed by atoms with van der Waals surface area (Å²) in [7, 11) is 0. The molecule has 154 valence electrons. The fourth-order valence-corrected chi connectivity index (χ4v) is 3.58. The highest BCUT2D eigenvalue weighted by molar-refractivity contribution is 8.00. The van der Waals surface area contributed by atoms with E-state index in [4.69, 9.17) is 27.3 Å². The van der Waals surface area contributed by atoms with Gasteiger partial charge in [-0.2, -0.15) is 10.5 Å². The van der Waals surface area contributed by atoms with E-state index < -0.39 is 17.9 Å². The zero-order valence-electron chi connectivity index (χ0n) is 16.0. The first-order chi connectivity index (χ1) is 14.4. The molecule has 1 aromatic carbocycles. The summed E-state index contributed by atoms with van der Waals surface area (Å²) in [6.07, 6.45) is -0.0838. The normalized spacial score (nSPS) is 11.1. The van der Waals surface area contributed by atoms with Gasteiger partial charge in [-0.1, -0.05) is 41.6 Å². The molecule has 3 N–H and O–H groups in total. The number of hydrogen-bond acceptors (Lipinski definition) is 8. The Morgan fingerprint density at radius 2 is 2.00 bits per heavy atom. The number of carbonyl (C=O) groups excluding carboxylic acids is 2. The number of anilines is 1. The molecule has 0 aliphatic carbocycles. The Kier molecular flexibility index (Phi) is 8.48. The Balaban J connectivity index is 2.14. The summed E-state index contributed by atoms with van der Waals surface area (Å²) in [5.74, 6) is -0.973. The second kappa shape index (κ2) is 11.1. The van der Waals surface area contributed by atoms with Crippen molar-refractivity contribution < 1.29 is 14.3 Å². The predicted octanol–water partition coefficient (Wildman–Crippen LogP) is 2.96. The van der Waals surface area contributed by atoms with Gasteiger partial charge in [0.25, 0.3) is 0 Å². The SMILES string of the molecule is CCOC(=O)CC(NC(=O)CSc1nc(N)c(C#N)cc1C#N)c1ccccc1Cl. The molecule has 0 bridgehead atoms. The van der Waals surface area contributed by atoms with Crippen LogP contribution in [0.2, 0.25) is 5.02 Å². The largest absolute Gasteiger partial charge is 0.466 e. The maximum Gasteiger partial charge on any atom is 0.308 e.